The quantitative estimate of drug-likeness (QED) is 0.406. The summed E-state index contributed by atoms with van der Waals surface area (Å²) in [7, 11) is 1.60. The second-order valence-electron chi connectivity index (χ2n) is 8.82. The molecule has 2 amide bonds. The highest BCUT2D eigenvalue weighted by Gasteiger charge is 2.36. The average molecular weight is 512 g/mol. The molecule has 2 aromatic carbocycles. The average Bonchev–Trinajstić information content (AvgIpc) is 3.20. The largest absolute Gasteiger partial charge is 0.497 e. The van der Waals surface area contributed by atoms with Crippen molar-refractivity contribution in [3.63, 3.8) is 0 Å². The SMILES string of the molecule is COc1ccc([C@@H](C(=O)NC2CCCCC2)N(C(=O)c2sc(C)nc2C)c2cccc(Cl)c2)cc1. The Kier molecular flexibility index (Phi) is 8.08. The first kappa shape index (κ1) is 25.2. The number of benzene rings is 2. The third-order valence-corrected chi connectivity index (χ3v) is 7.59. The van der Waals surface area contributed by atoms with Crippen LogP contribution in [0.1, 0.15) is 64.1 Å². The van der Waals surface area contributed by atoms with Gasteiger partial charge in [0, 0.05) is 16.8 Å². The topological polar surface area (TPSA) is 71.5 Å². The van der Waals surface area contributed by atoms with Crippen LogP contribution in [-0.2, 0) is 4.79 Å². The summed E-state index contributed by atoms with van der Waals surface area (Å²) in [5, 5.41) is 4.51. The van der Waals surface area contributed by atoms with Gasteiger partial charge in [0.05, 0.1) is 17.8 Å². The Morgan fingerprint density at radius 1 is 1.11 bits per heavy atom. The van der Waals surface area contributed by atoms with Crippen molar-refractivity contribution in [3.05, 3.63) is 74.7 Å². The summed E-state index contributed by atoms with van der Waals surface area (Å²) in [6.45, 7) is 3.69. The second-order valence-corrected chi connectivity index (χ2v) is 10.5. The Morgan fingerprint density at radius 3 is 2.43 bits per heavy atom. The maximum atomic E-state index is 14.1. The number of nitrogens with one attached hydrogen (secondary N) is 1. The van der Waals surface area contributed by atoms with Gasteiger partial charge in [0.25, 0.3) is 5.91 Å². The normalized spacial score (nSPS) is 14.9. The van der Waals surface area contributed by atoms with Crippen LogP contribution in [0.4, 0.5) is 5.69 Å². The van der Waals surface area contributed by atoms with Crippen molar-refractivity contribution in [2.45, 2.75) is 58.0 Å². The van der Waals surface area contributed by atoms with Gasteiger partial charge in [0.2, 0.25) is 5.91 Å². The molecule has 1 aromatic heterocycles. The van der Waals surface area contributed by atoms with Gasteiger partial charge in [-0.1, -0.05) is 49.1 Å². The van der Waals surface area contributed by atoms with Crippen LogP contribution >= 0.6 is 22.9 Å². The molecular weight excluding hydrogens is 482 g/mol. The molecule has 1 atom stereocenters. The number of aryl methyl sites for hydroxylation is 2. The first-order valence-electron chi connectivity index (χ1n) is 11.8. The molecule has 1 N–H and O–H groups in total. The number of hydrogen-bond acceptors (Lipinski definition) is 5. The molecule has 1 aliphatic carbocycles. The third kappa shape index (κ3) is 5.85. The molecule has 1 saturated carbocycles. The van der Waals surface area contributed by atoms with Gasteiger partial charge in [-0.2, -0.15) is 0 Å². The van der Waals surface area contributed by atoms with Crippen LogP contribution in [0.5, 0.6) is 5.75 Å². The highest BCUT2D eigenvalue weighted by molar-refractivity contribution is 7.13. The summed E-state index contributed by atoms with van der Waals surface area (Å²) < 4.78 is 5.32. The molecule has 3 aromatic rings. The van der Waals surface area contributed by atoms with Crippen LogP contribution in [0, 0.1) is 13.8 Å². The van der Waals surface area contributed by atoms with E-state index in [2.05, 4.69) is 10.3 Å². The Morgan fingerprint density at radius 2 is 1.83 bits per heavy atom. The van der Waals surface area contributed by atoms with Crippen LogP contribution < -0.4 is 15.0 Å². The van der Waals surface area contributed by atoms with E-state index in [1.165, 1.54) is 17.8 Å². The molecule has 0 radical (unpaired) electrons. The van der Waals surface area contributed by atoms with Crippen LogP contribution in [0.2, 0.25) is 5.02 Å². The molecule has 0 spiro atoms. The molecule has 4 rings (SSSR count). The molecule has 1 fully saturated rings. The van der Waals surface area contributed by atoms with Crippen LogP contribution in [0.25, 0.3) is 0 Å². The highest BCUT2D eigenvalue weighted by atomic mass is 35.5. The Hall–Kier alpha value is -2.90. The van der Waals surface area contributed by atoms with Crippen molar-refractivity contribution >= 4 is 40.4 Å². The van der Waals surface area contributed by atoms with Crippen molar-refractivity contribution < 1.29 is 14.3 Å². The first-order valence-corrected chi connectivity index (χ1v) is 13.0. The van der Waals surface area contributed by atoms with Crippen molar-refractivity contribution in [2.24, 2.45) is 0 Å². The zero-order valence-electron chi connectivity index (χ0n) is 20.2. The summed E-state index contributed by atoms with van der Waals surface area (Å²) in [6.07, 6.45) is 5.26. The lowest BCUT2D eigenvalue weighted by atomic mass is 9.94. The smallest absolute Gasteiger partial charge is 0.271 e. The maximum Gasteiger partial charge on any atom is 0.271 e. The predicted octanol–water partition coefficient (Wildman–Crippen LogP) is 6.26. The monoisotopic (exact) mass is 511 g/mol. The lowest BCUT2D eigenvalue weighted by molar-refractivity contribution is -0.123. The van der Waals surface area contributed by atoms with Gasteiger partial charge in [0.1, 0.15) is 16.7 Å². The molecule has 8 heteroatoms. The van der Waals surface area contributed by atoms with Gasteiger partial charge >= 0.3 is 0 Å². The van der Waals surface area contributed by atoms with E-state index in [-0.39, 0.29) is 17.9 Å². The summed E-state index contributed by atoms with van der Waals surface area (Å²) in [4.78, 5) is 34.5. The fraction of sp³-hybridized carbons (Fsp3) is 0.370. The maximum absolute atomic E-state index is 14.1. The van der Waals surface area contributed by atoms with Crippen molar-refractivity contribution in [3.8, 4) is 5.75 Å². The number of thiazole rings is 1. The number of anilines is 1. The molecule has 6 nitrogen and oxygen atoms in total. The Balaban J connectivity index is 1.82. The molecule has 1 aliphatic rings. The van der Waals surface area contributed by atoms with E-state index in [9.17, 15) is 9.59 Å². The first-order chi connectivity index (χ1) is 16.9. The lowest BCUT2D eigenvalue weighted by Gasteiger charge is -2.33. The standard InChI is InChI=1S/C27H30ClN3O3S/c1-17-25(35-18(2)29-17)27(33)31(22-11-7-8-20(28)16-22)24(19-12-14-23(34-3)15-13-19)26(32)30-21-9-5-4-6-10-21/h7-8,11-16,21,24H,4-6,9-10H2,1-3H3,(H,30,32)/t24-/m0/s1. The fourth-order valence-electron chi connectivity index (χ4n) is 4.58. The predicted molar refractivity (Wildman–Crippen MR) is 141 cm³/mol. The second kappa shape index (κ2) is 11.2. The van der Waals surface area contributed by atoms with Gasteiger partial charge in [-0.05, 0) is 62.6 Å². The molecule has 0 aliphatic heterocycles. The summed E-state index contributed by atoms with van der Waals surface area (Å²) in [5.74, 6) is 0.180. The van der Waals surface area contributed by atoms with Gasteiger partial charge < -0.3 is 10.1 Å². The van der Waals surface area contributed by atoms with Crippen molar-refractivity contribution in [2.75, 3.05) is 12.0 Å². The summed E-state index contributed by atoms with van der Waals surface area (Å²) >= 11 is 7.66. The molecule has 184 valence electrons. The number of ether oxygens (including phenoxy) is 1. The minimum Gasteiger partial charge on any atom is -0.497 e. The minimum absolute atomic E-state index is 0.0979. The number of carbonyl (C=O) groups is 2. The Labute approximate surface area is 215 Å². The number of nitrogens with zero attached hydrogens (tertiary/aromatic N) is 2. The van der Waals surface area contributed by atoms with Crippen molar-refractivity contribution in [1.82, 2.24) is 10.3 Å². The summed E-state index contributed by atoms with van der Waals surface area (Å²) in [5.41, 5.74) is 1.88. The number of hydrogen-bond donors (Lipinski definition) is 1. The molecule has 0 bridgehead atoms. The van der Waals surface area contributed by atoms with E-state index in [4.69, 9.17) is 16.3 Å². The van der Waals surface area contributed by atoms with Gasteiger partial charge in [-0.15, -0.1) is 11.3 Å². The zero-order chi connectivity index (χ0) is 24.9. The molecule has 35 heavy (non-hydrogen) atoms. The molecular formula is C27H30ClN3O3S. The van der Waals surface area contributed by atoms with E-state index < -0.39 is 6.04 Å². The number of aromatic nitrogens is 1. The van der Waals surface area contributed by atoms with Gasteiger partial charge in [0.15, 0.2) is 0 Å². The van der Waals surface area contributed by atoms with E-state index in [0.29, 0.717) is 32.6 Å². The molecule has 1 heterocycles. The van der Waals surface area contributed by atoms with Crippen LogP contribution in [0.15, 0.2) is 48.5 Å². The van der Waals surface area contributed by atoms with E-state index >= 15 is 0 Å². The van der Waals surface area contributed by atoms with E-state index in [0.717, 1.165) is 30.7 Å². The van der Waals surface area contributed by atoms with Gasteiger partial charge in [-0.25, -0.2) is 4.98 Å². The number of methoxy groups -OCH3 is 1. The number of rotatable bonds is 7. The lowest BCUT2D eigenvalue weighted by Crippen LogP contribution is -2.47. The van der Waals surface area contributed by atoms with Crippen LogP contribution in [-0.4, -0.2) is 29.9 Å². The highest BCUT2D eigenvalue weighted by Crippen LogP contribution is 2.34. The third-order valence-electron chi connectivity index (χ3n) is 6.29. The number of halogens is 1. The number of carbonyl (C=O) groups excluding carboxylic acids is 2. The van der Waals surface area contributed by atoms with Gasteiger partial charge in [-0.3, -0.25) is 14.5 Å². The summed E-state index contributed by atoms with van der Waals surface area (Å²) in [6, 6.07) is 13.5. The van der Waals surface area contributed by atoms with E-state index in [1.807, 2.05) is 26.0 Å². The van der Waals surface area contributed by atoms with Crippen LogP contribution in [0.3, 0.4) is 0 Å². The zero-order valence-corrected chi connectivity index (χ0v) is 21.8. The minimum atomic E-state index is -0.893. The van der Waals surface area contributed by atoms with E-state index in [1.54, 1.807) is 48.4 Å². The molecule has 0 saturated heterocycles. The molecule has 0 unspecified atom stereocenters. The van der Waals surface area contributed by atoms with Crippen molar-refractivity contribution in [1.29, 1.82) is 0 Å². The fourth-order valence-corrected chi connectivity index (χ4v) is 5.62. The Bertz CT molecular complexity index is 1190. The number of amides is 2.